The number of nitrogens with zero attached hydrogens (tertiary/aromatic N) is 6. The van der Waals surface area contributed by atoms with Gasteiger partial charge in [0.1, 0.15) is 8.07 Å². The van der Waals surface area contributed by atoms with Crippen molar-refractivity contribution in [1.82, 2.24) is 0 Å². The van der Waals surface area contributed by atoms with Crippen LogP contribution in [0.5, 0.6) is 0 Å². The van der Waals surface area contributed by atoms with Gasteiger partial charge in [-0.25, -0.2) is 0 Å². The van der Waals surface area contributed by atoms with E-state index >= 15 is 0 Å². The fraction of sp³-hybridized carbons (Fsp3) is 0.452. The zero-order valence-corrected chi connectivity index (χ0v) is 40.6. The van der Waals surface area contributed by atoms with Gasteiger partial charge in [-0.05, 0) is 89.4 Å². The summed E-state index contributed by atoms with van der Waals surface area (Å²) in [6.07, 6.45) is 0. The Hall–Kier alpha value is -2.39. The third-order valence-corrected chi connectivity index (χ3v) is 16.5. The molecule has 290 valence electrons. The molecule has 0 spiro atoms. The molecule has 0 fully saturated rings. The number of hydrogen-bond acceptors (Lipinski definition) is 6. The van der Waals surface area contributed by atoms with E-state index in [1.165, 1.54) is 93.8 Å². The molecule has 0 N–H and O–H groups in total. The van der Waals surface area contributed by atoms with Crippen LogP contribution >= 0.6 is 0 Å². The first-order valence-electron chi connectivity index (χ1n) is 17.4. The SMILES string of the molecule is Cc1cc(N(C)C)cc(N(C)C)c1[Si](c1c(C)cc(N(C)C)cc1N(C)C)(c1c(C)cc(N(C)C)cc1N(C)C)[c-]1c(C)c(C)c(C)c1C.[Cl-].[Cl-].[Cl-].[Ti+4]. The molecule has 0 aliphatic carbocycles. The van der Waals surface area contributed by atoms with Crippen LogP contribution in [-0.2, 0) is 21.7 Å². The van der Waals surface area contributed by atoms with Crippen molar-refractivity contribution in [1.29, 1.82) is 0 Å². The zero-order chi connectivity index (χ0) is 37.0. The largest absolute Gasteiger partial charge is 4.00 e. The van der Waals surface area contributed by atoms with Gasteiger partial charge in [-0.1, -0.05) is 27.7 Å². The van der Waals surface area contributed by atoms with Crippen LogP contribution in [0.3, 0.4) is 0 Å². The molecule has 0 saturated carbocycles. The van der Waals surface area contributed by atoms with E-state index in [-0.39, 0.29) is 58.9 Å². The Morgan fingerprint density at radius 2 is 0.604 bits per heavy atom. The van der Waals surface area contributed by atoms with Gasteiger partial charge in [-0.15, -0.1) is 5.19 Å². The van der Waals surface area contributed by atoms with Crippen LogP contribution in [0.1, 0.15) is 38.9 Å². The fourth-order valence-corrected chi connectivity index (χ4v) is 15.1. The van der Waals surface area contributed by atoms with Crippen molar-refractivity contribution in [3.05, 3.63) is 75.3 Å². The molecule has 0 aliphatic rings. The minimum Gasteiger partial charge on any atom is -1.00 e. The summed E-state index contributed by atoms with van der Waals surface area (Å²) in [5.74, 6) is 0. The van der Waals surface area contributed by atoms with Gasteiger partial charge >= 0.3 is 21.7 Å². The third kappa shape index (κ3) is 8.71. The van der Waals surface area contributed by atoms with Gasteiger partial charge in [0.05, 0.1) is 0 Å². The average molecular weight is 834 g/mol. The van der Waals surface area contributed by atoms with E-state index < -0.39 is 8.07 Å². The van der Waals surface area contributed by atoms with E-state index in [1.54, 1.807) is 0 Å². The van der Waals surface area contributed by atoms with Gasteiger partial charge in [0, 0.05) is 119 Å². The number of halogens is 3. The maximum absolute atomic E-state index is 3.21. The van der Waals surface area contributed by atoms with Crippen molar-refractivity contribution in [2.24, 2.45) is 0 Å². The number of anilines is 6. The second-order valence-corrected chi connectivity index (χ2v) is 19.0. The van der Waals surface area contributed by atoms with E-state index in [9.17, 15) is 0 Å². The van der Waals surface area contributed by atoms with Crippen LogP contribution in [0.2, 0.25) is 0 Å². The summed E-state index contributed by atoms with van der Waals surface area (Å²) in [5, 5.41) is 5.92. The van der Waals surface area contributed by atoms with Crippen molar-refractivity contribution < 1.29 is 58.9 Å². The first kappa shape index (κ1) is 50.6. The molecule has 0 atom stereocenters. The molecule has 0 aromatic heterocycles. The van der Waals surface area contributed by atoms with E-state index in [2.05, 4.69) is 199 Å². The molecule has 0 radical (unpaired) electrons. The van der Waals surface area contributed by atoms with E-state index in [4.69, 9.17) is 0 Å². The molecule has 4 rings (SSSR count). The molecule has 53 heavy (non-hydrogen) atoms. The Morgan fingerprint density at radius 1 is 0.377 bits per heavy atom. The van der Waals surface area contributed by atoms with Gasteiger partial charge in [-0.3, -0.25) is 0 Å². The van der Waals surface area contributed by atoms with Gasteiger partial charge in [0.2, 0.25) is 0 Å². The minimum absolute atomic E-state index is 0. The Morgan fingerprint density at radius 3 is 0.792 bits per heavy atom. The molecular formula is C42H63Cl3N6SiTi. The summed E-state index contributed by atoms with van der Waals surface area (Å²) in [4.78, 5) is 13.8. The van der Waals surface area contributed by atoms with E-state index in [1.807, 2.05) is 0 Å². The third-order valence-electron chi connectivity index (χ3n) is 10.8. The van der Waals surface area contributed by atoms with E-state index in [0.29, 0.717) is 0 Å². The number of hydrogen-bond donors (Lipinski definition) is 0. The van der Waals surface area contributed by atoms with Crippen LogP contribution in [0.25, 0.3) is 0 Å². The van der Waals surface area contributed by atoms with Crippen molar-refractivity contribution >= 4 is 62.9 Å². The second kappa shape index (κ2) is 19.0. The summed E-state index contributed by atoms with van der Waals surface area (Å²) in [7, 11) is 23.0. The van der Waals surface area contributed by atoms with Crippen molar-refractivity contribution in [3.8, 4) is 0 Å². The smallest absolute Gasteiger partial charge is 1.00 e. The predicted molar refractivity (Wildman–Crippen MR) is 225 cm³/mol. The summed E-state index contributed by atoms with van der Waals surface area (Å²) >= 11 is 0. The summed E-state index contributed by atoms with van der Waals surface area (Å²) in [6.45, 7) is 16.5. The molecular weight excluding hydrogens is 771 g/mol. The van der Waals surface area contributed by atoms with Crippen LogP contribution in [0, 0.1) is 48.5 Å². The standard InChI is InChI=1S/C42H63N6Si.3ClH.Ti/c1-26-20-33(43(8)9)23-36(46(14)15)39(26)49(42-31(6)29(4)30(5)32(42)7,40-27(2)21-34(44(10)11)24-37(40)47(16)17)41-28(3)22-35(45(12)13)25-38(41)48(18)19;;;;/h20-25H,1-19H3;3*1H;/q-1;;;;+4/p-3. The number of aryl methyl sites for hydroxylation is 3. The van der Waals surface area contributed by atoms with Crippen molar-refractivity contribution in [3.63, 3.8) is 0 Å². The molecule has 0 heterocycles. The molecule has 11 heteroatoms. The van der Waals surface area contributed by atoms with Gasteiger partial charge < -0.3 is 66.6 Å². The first-order valence-corrected chi connectivity index (χ1v) is 19.4. The van der Waals surface area contributed by atoms with E-state index in [0.717, 1.165) is 0 Å². The Balaban J connectivity index is 0.00000676. The average Bonchev–Trinajstić information content (AvgIpc) is 3.19. The molecule has 0 aliphatic heterocycles. The van der Waals surface area contributed by atoms with Crippen molar-refractivity contribution in [2.45, 2.75) is 48.5 Å². The molecule has 4 aromatic rings. The Kier molecular flexibility index (Phi) is 18.1. The first-order chi connectivity index (χ1) is 22.7. The predicted octanol–water partition coefficient (Wildman–Crippen LogP) is -3.65. The van der Waals surface area contributed by atoms with Crippen LogP contribution in [-0.4, -0.2) is 92.6 Å². The van der Waals surface area contributed by atoms with Gasteiger partial charge in [0.15, 0.2) is 0 Å². The normalized spacial score (nSPS) is 10.7. The molecule has 0 amide bonds. The Labute approximate surface area is 357 Å². The molecule has 0 unspecified atom stereocenters. The molecule has 0 saturated heterocycles. The van der Waals surface area contributed by atoms with Gasteiger partial charge in [0.25, 0.3) is 0 Å². The molecule has 4 aromatic carbocycles. The maximum Gasteiger partial charge on any atom is 4.00 e. The summed E-state index contributed by atoms with van der Waals surface area (Å²) in [6, 6.07) is 14.6. The monoisotopic (exact) mass is 832 g/mol. The molecule has 0 bridgehead atoms. The fourth-order valence-electron chi connectivity index (χ4n) is 8.08. The number of rotatable bonds is 10. The second-order valence-electron chi connectivity index (χ2n) is 15.5. The van der Waals surface area contributed by atoms with Crippen LogP contribution in [0.4, 0.5) is 34.1 Å². The summed E-state index contributed by atoms with van der Waals surface area (Å²) in [5.41, 5.74) is 17.2. The van der Waals surface area contributed by atoms with Crippen LogP contribution < -0.4 is 87.4 Å². The topological polar surface area (TPSA) is 19.4 Å². The van der Waals surface area contributed by atoms with Crippen molar-refractivity contribution in [2.75, 3.05) is 114 Å². The number of benzene rings is 3. The zero-order valence-electron chi connectivity index (χ0n) is 35.8. The maximum atomic E-state index is 2.43. The quantitative estimate of drug-likeness (QED) is 0.0928. The summed E-state index contributed by atoms with van der Waals surface area (Å²) < 4.78 is 0. The molecule has 6 nitrogen and oxygen atoms in total. The van der Waals surface area contributed by atoms with Gasteiger partial charge in [-0.2, -0.15) is 22.3 Å². The minimum atomic E-state index is -3.21. The Bertz CT molecular complexity index is 1690. The van der Waals surface area contributed by atoms with Crippen LogP contribution in [0.15, 0.2) is 36.4 Å².